The fourth-order valence-electron chi connectivity index (χ4n) is 0.406. The molecule has 1 aliphatic rings. The maximum atomic E-state index is 2.92. The number of rotatable bonds is 0. The van der Waals surface area contributed by atoms with Crippen molar-refractivity contribution in [3.8, 4) is 0 Å². The van der Waals surface area contributed by atoms with E-state index in [4.69, 9.17) is 0 Å². The van der Waals surface area contributed by atoms with Gasteiger partial charge in [-0.25, -0.2) is 0 Å². The Hall–Kier alpha value is -0.763. The highest BCUT2D eigenvalue weighted by molar-refractivity contribution is 5.75. The molecule has 0 aromatic carbocycles. The first kappa shape index (κ1) is 7.24. The molecule has 0 atom stereocenters. The second kappa shape index (κ2) is 4.40. The third-order valence-corrected chi connectivity index (χ3v) is 0.718. The smallest absolute Gasteiger partial charge is 0.000442 e. The van der Waals surface area contributed by atoms with Crippen LogP contribution in [0.2, 0.25) is 0 Å². The third-order valence-electron chi connectivity index (χ3n) is 0.718. The van der Waals surface area contributed by atoms with Gasteiger partial charge in [-0.05, 0) is 23.1 Å². The van der Waals surface area contributed by atoms with Crippen LogP contribution in [-0.2, 0) is 0 Å². The summed E-state index contributed by atoms with van der Waals surface area (Å²) in [7, 11) is 0. The van der Waals surface area contributed by atoms with Crippen molar-refractivity contribution < 1.29 is 0 Å². The van der Waals surface area contributed by atoms with Gasteiger partial charge in [0.15, 0.2) is 0 Å². The summed E-state index contributed by atoms with van der Waals surface area (Å²) in [6, 6.07) is 0. The molecule has 0 aromatic rings. The van der Waals surface area contributed by atoms with E-state index >= 15 is 0 Å². The van der Waals surface area contributed by atoms with Crippen molar-refractivity contribution in [1.29, 1.82) is 0 Å². The van der Waals surface area contributed by atoms with Crippen LogP contribution in [0.1, 0.15) is 0 Å². The molecule has 0 saturated carbocycles. The first-order valence-electron chi connectivity index (χ1n) is 2.24. The van der Waals surface area contributed by atoms with Gasteiger partial charge in [-0.15, -0.1) is 0 Å². The molecular weight excluding hydrogens is 114 g/mol. The fourth-order valence-corrected chi connectivity index (χ4v) is 0.406. The van der Waals surface area contributed by atoms with Gasteiger partial charge >= 0.3 is 0 Å². The van der Waals surface area contributed by atoms with E-state index in [-0.39, 0.29) is 11.0 Å². The van der Waals surface area contributed by atoms with E-state index in [9.17, 15) is 0 Å². The maximum Gasteiger partial charge on any atom is 0.000442 e. The molecule has 0 fully saturated rings. The van der Waals surface area contributed by atoms with Crippen LogP contribution in [-0.4, -0.2) is 11.0 Å². The zero-order valence-electron chi connectivity index (χ0n) is 3.96. The summed E-state index contributed by atoms with van der Waals surface area (Å²) < 4.78 is 0. The largest absolute Gasteiger partial charge is 0.368 e. The van der Waals surface area contributed by atoms with Crippen molar-refractivity contribution in [2.45, 2.75) is 0 Å². The quantitative estimate of drug-likeness (QED) is 0.439. The number of hydrogen-bond donors (Lipinski definition) is 1. The topological polar surface area (TPSA) is 12.0 Å². The lowest BCUT2D eigenvalue weighted by molar-refractivity contribution is 1.20. The minimum Gasteiger partial charge on any atom is -0.368 e. The Morgan fingerprint density at radius 2 is 1.25 bits per heavy atom. The molecule has 0 bridgehead atoms. The molecular formula is C6H11NSi. The standard InChI is InChI=1S/C6H7N.H4Si/c1-2-4-6-7-5-3-1;/h1-7H;1H4. The van der Waals surface area contributed by atoms with Crippen molar-refractivity contribution in [2.24, 2.45) is 0 Å². The first-order chi connectivity index (χ1) is 3.50. The van der Waals surface area contributed by atoms with Crippen molar-refractivity contribution in [1.82, 2.24) is 5.32 Å². The molecule has 44 valence electrons. The molecule has 0 aliphatic carbocycles. The van der Waals surface area contributed by atoms with Crippen molar-refractivity contribution in [3.05, 3.63) is 36.7 Å². The van der Waals surface area contributed by atoms with Gasteiger partial charge in [0, 0.05) is 12.4 Å². The number of nitrogens with one attached hydrogen (secondary N) is 1. The van der Waals surface area contributed by atoms with Crippen LogP contribution in [0.4, 0.5) is 0 Å². The Bertz CT molecular complexity index is 110. The SMILES string of the molecule is C1=CC=CNC=C1.[SiH4]. The molecule has 1 aliphatic heterocycles. The highest BCUT2D eigenvalue weighted by atomic mass is 28.1. The number of hydrogen-bond acceptors (Lipinski definition) is 1. The minimum atomic E-state index is 0. The Morgan fingerprint density at radius 1 is 0.750 bits per heavy atom. The Morgan fingerprint density at radius 3 is 1.75 bits per heavy atom. The lowest BCUT2D eigenvalue weighted by atomic mass is 10.5. The van der Waals surface area contributed by atoms with Crippen molar-refractivity contribution in [3.63, 3.8) is 0 Å². The van der Waals surface area contributed by atoms with Crippen LogP contribution in [0.25, 0.3) is 0 Å². The average Bonchev–Trinajstić information content (AvgIpc) is 1.90. The summed E-state index contributed by atoms with van der Waals surface area (Å²) in [5.74, 6) is 0. The van der Waals surface area contributed by atoms with Crippen LogP contribution in [0.15, 0.2) is 36.7 Å². The third kappa shape index (κ3) is 2.42. The summed E-state index contributed by atoms with van der Waals surface area (Å²) in [5.41, 5.74) is 0. The molecule has 1 rings (SSSR count). The van der Waals surface area contributed by atoms with Crippen LogP contribution in [0.3, 0.4) is 0 Å². The molecule has 0 radical (unpaired) electrons. The summed E-state index contributed by atoms with van der Waals surface area (Å²) in [6.07, 6.45) is 11.6. The Labute approximate surface area is 53.8 Å². The van der Waals surface area contributed by atoms with Gasteiger partial charge in [0.25, 0.3) is 0 Å². The normalized spacial score (nSPS) is 14.0. The van der Waals surface area contributed by atoms with Gasteiger partial charge in [0.2, 0.25) is 0 Å². The van der Waals surface area contributed by atoms with Gasteiger partial charge in [-0.3, -0.25) is 0 Å². The Balaban J connectivity index is 0.000000490. The fraction of sp³-hybridized carbons (Fsp3) is 0. The first-order valence-corrected chi connectivity index (χ1v) is 2.24. The monoisotopic (exact) mass is 125 g/mol. The number of allylic oxidation sites excluding steroid dienone is 4. The molecule has 1 N–H and O–H groups in total. The van der Waals surface area contributed by atoms with Crippen LogP contribution < -0.4 is 5.32 Å². The highest BCUT2D eigenvalue weighted by Gasteiger charge is 1.67. The van der Waals surface area contributed by atoms with E-state index < -0.39 is 0 Å². The van der Waals surface area contributed by atoms with Crippen LogP contribution in [0, 0.1) is 0 Å². The lowest BCUT2D eigenvalue weighted by Crippen LogP contribution is -1.87. The molecule has 0 saturated heterocycles. The molecule has 2 heteroatoms. The predicted molar refractivity (Wildman–Crippen MR) is 41.9 cm³/mol. The maximum absolute atomic E-state index is 2.92. The van der Waals surface area contributed by atoms with E-state index in [2.05, 4.69) is 5.32 Å². The summed E-state index contributed by atoms with van der Waals surface area (Å²) >= 11 is 0. The van der Waals surface area contributed by atoms with Gasteiger partial charge in [-0.2, -0.15) is 0 Å². The van der Waals surface area contributed by atoms with E-state index in [0.717, 1.165) is 0 Å². The van der Waals surface area contributed by atoms with E-state index in [1.807, 2.05) is 36.7 Å². The van der Waals surface area contributed by atoms with Gasteiger partial charge in [0.1, 0.15) is 0 Å². The molecule has 1 heterocycles. The van der Waals surface area contributed by atoms with Gasteiger partial charge in [-0.1, -0.05) is 12.2 Å². The van der Waals surface area contributed by atoms with E-state index in [1.165, 1.54) is 0 Å². The summed E-state index contributed by atoms with van der Waals surface area (Å²) in [5, 5.41) is 2.92. The van der Waals surface area contributed by atoms with Crippen LogP contribution in [0.5, 0.6) is 0 Å². The summed E-state index contributed by atoms with van der Waals surface area (Å²) in [4.78, 5) is 0. The second-order valence-electron chi connectivity index (χ2n) is 1.27. The zero-order chi connectivity index (χ0) is 4.95. The van der Waals surface area contributed by atoms with E-state index in [1.54, 1.807) is 0 Å². The summed E-state index contributed by atoms with van der Waals surface area (Å²) in [6.45, 7) is 0. The predicted octanol–water partition coefficient (Wildman–Crippen LogP) is -0.278. The molecule has 0 aromatic heterocycles. The molecule has 0 amide bonds. The van der Waals surface area contributed by atoms with Gasteiger partial charge < -0.3 is 5.32 Å². The molecule has 0 spiro atoms. The van der Waals surface area contributed by atoms with Crippen molar-refractivity contribution in [2.75, 3.05) is 0 Å². The molecule has 8 heavy (non-hydrogen) atoms. The second-order valence-corrected chi connectivity index (χ2v) is 1.27. The minimum absolute atomic E-state index is 0. The Kier molecular flexibility index (Phi) is 3.98. The average molecular weight is 125 g/mol. The lowest BCUT2D eigenvalue weighted by Gasteiger charge is -1.79. The van der Waals surface area contributed by atoms with Gasteiger partial charge in [0.05, 0.1) is 0 Å². The van der Waals surface area contributed by atoms with Crippen molar-refractivity contribution >= 4 is 11.0 Å². The zero-order valence-corrected chi connectivity index (χ0v) is 3.96. The molecule has 1 nitrogen and oxygen atoms in total. The molecule has 0 unspecified atom stereocenters. The van der Waals surface area contributed by atoms with E-state index in [0.29, 0.717) is 0 Å². The van der Waals surface area contributed by atoms with Crippen LogP contribution >= 0.6 is 0 Å². The highest BCUT2D eigenvalue weighted by Crippen LogP contribution is 1.81.